The SMILES string of the molecule is CC(C)(C)c1ccc2nc(CS(C)(=O)=O)sc2c1. The first kappa shape index (κ1) is 13.5. The minimum atomic E-state index is -3.02. The summed E-state index contributed by atoms with van der Waals surface area (Å²) >= 11 is 1.46. The van der Waals surface area contributed by atoms with Crippen LogP contribution in [0.2, 0.25) is 0 Å². The predicted molar refractivity (Wildman–Crippen MR) is 76.9 cm³/mol. The Morgan fingerprint density at radius 2 is 1.94 bits per heavy atom. The van der Waals surface area contributed by atoms with Gasteiger partial charge in [0.2, 0.25) is 0 Å². The quantitative estimate of drug-likeness (QED) is 0.850. The van der Waals surface area contributed by atoms with Gasteiger partial charge in [0.05, 0.1) is 10.2 Å². The molecule has 2 rings (SSSR count). The number of hydrogen-bond acceptors (Lipinski definition) is 4. The van der Waals surface area contributed by atoms with Gasteiger partial charge in [0, 0.05) is 6.26 Å². The minimum Gasteiger partial charge on any atom is -0.240 e. The van der Waals surface area contributed by atoms with E-state index in [0.29, 0.717) is 5.01 Å². The molecule has 0 saturated carbocycles. The van der Waals surface area contributed by atoms with Crippen molar-refractivity contribution in [2.24, 2.45) is 0 Å². The second-order valence-corrected chi connectivity index (χ2v) is 8.87. The van der Waals surface area contributed by atoms with Crippen LogP contribution in [0.4, 0.5) is 0 Å². The first-order chi connectivity index (χ1) is 8.15. The fraction of sp³-hybridized carbons (Fsp3) is 0.462. The normalized spacial score (nSPS) is 13.1. The van der Waals surface area contributed by atoms with Gasteiger partial charge in [-0.05, 0) is 23.1 Å². The van der Waals surface area contributed by atoms with Crippen LogP contribution in [0.3, 0.4) is 0 Å². The summed E-state index contributed by atoms with van der Waals surface area (Å²) in [6.07, 6.45) is 1.24. The fourth-order valence-electron chi connectivity index (χ4n) is 1.72. The molecule has 0 unspecified atom stereocenters. The molecule has 0 atom stereocenters. The van der Waals surface area contributed by atoms with Gasteiger partial charge in [-0.15, -0.1) is 11.3 Å². The molecule has 0 fully saturated rings. The van der Waals surface area contributed by atoms with Gasteiger partial charge in [0.25, 0.3) is 0 Å². The number of sulfone groups is 1. The zero-order valence-corrected chi connectivity index (χ0v) is 12.7. The van der Waals surface area contributed by atoms with Crippen LogP contribution < -0.4 is 0 Å². The van der Waals surface area contributed by atoms with Crippen molar-refractivity contribution >= 4 is 31.4 Å². The number of nitrogens with zero attached hydrogens (tertiary/aromatic N) is 1. The topological polar surface area (TPSA) is 47.0 Å². The average Bonchev–Trinajstić information content (AvgIpc) is 2.53. The van der Waals surface area contributed by atoms with Crippen LogP contribution >= 0.6 is 11.3 Å². The lowest BCUT2D eigenvalue weighted by Gasteiger charge is -2.18. The van der Waals surface area contributed by atoms with Crippen LogP contribution in [0.25, 0.3) is 10.2 Å². The number of aromatic nitrogens is 1. The van der Waals surface area contributed by atoms with Gasteiger partial charge in [-0.25, -0.2) is 13.4 Å². The average molecular weight is 283 g/mol. The molecule has 1 heterocycles. The third kappa shape index (κ3) is 3.09. The Kier molecular flexibility index (Phi) is 3.23. The zero-order chi connectivity index (χ0) is 13.6. The van der Waals surface area contributed by atoms with Crippen molar-refractivity contribution in [1.29, 1.82) is 0 Å². The Labute approximate surface area is 112 Å². The van der Waals surface area contributed by atoms with Crippen molar-refractivity contribution in [3.8, 4) is 0 Å². The van der Waals surface area contributed by atoms with Gasteiger partial charge in [-0.1, -0.05) is 26.8 Å². The van der Waals surface area contributed by atoms with Gasteiger partial charge in [-0.3, -0.25) is 0 Å². The summed E-state index contributed by atoms with van der Waals surface area (Å²) in [5, 5.41) is 0.665. The van der Waals surface area contributed by atoms with E-state index in [1.807, 2.05) is 6.07 Å². The largest absolute Gasteiger partial charge is 0.240 e. The number of rotatable bonds is 2. The summed E-state index contributed by atoms with van der Waals surface area (Å²) in [4.78, 5) is 4.36. The molecule has 0 N–H and O–H groups in total. The molecule has 0 aliphatic heterocycles. The smallest absolute Gasteiger partial charge is 0.153 e. The molecule has 0 amide bonds. The van der Waals surface area contributed by atoms with E-state index in [2.05, 4.69) is 37.9 Å². The summed E-state index contributed by atoms with van der Waals surface area (Å²) in [7, 11) is -3.02. The Morgan fingerprint density at radius 3 is 2.50 bits per heavy atom. The van der Waals surface area contributed by atoms with Crippen molar-refractivity contribution in [3.05, 3.63) is 28.8 Å². The molecule has 2 aromatic rings. The Morgan fingerprint density at radius 1 is 1.28 bits per heavy atom. The molecule has 5 heteroatoms. The summed E-state index contributed by atoms with van der Waals surface area (Å²) in [6.45, 7) is 6.48. The predicted octanol–water partition coefficient (Wildman–Crippen LogP) is 3.14. The van der Waals surface area contributed by atoms with Crippen LogP contribution in [0.1, 0.15) is 31.3 Å². The van der Waals surface area contributed by atoms with Crippen molar-refractivity contribution in [3.63, 3.8) is 0 Å². The lowest BCUT2D eigenvalue weighted by atomic mass is 9.87. The van der Waals surface area contributed by atoms with Crippen LogP contribution in [0.15, 0.2) is 18.2 Å². The Bertz CT molecular complexity index is 679. The maximum absolute atomic E-state index is 11.3. The first-order valence-corrected chi connectivity index (χ1v) is 8.60. The lowest BCUT2D eigenvalue weighted by Crippen LogP contribution is -2.10. The van der Waals surface area contributed by atoms with Gasteiger partial charge in [0.15, 0.2) is 9.84 Å². The summed E-state index contributed by atoms with van der Waals surface area (Å²) in [5.74, 6) is 0.0250. The molecular weight excluding hydrogens is 266 g/mol. The molecule has 1 aromatic heterocycles. The van der Waals surface area contributed by atoms with Gasteiger partial charge < -0.3 is 0 Å². The van der Waals surface area contributed by atoms with Crippen molar-refractivity contribution < 1.29 is 8.42 Å². The standard InChI is InChI=1S/C13H17NO2S2/c1-13(2,3)9-5-6-10-11(7-9)17-12(14-10)8-18(4,15)16/h5-7H,8H2,1-4H3. The molecule has 18 heavy (non-hydrogen) atoms. The van der Waals surface area contributed by atoms with Gasteiger partial charge in [-0.2, -0.15) is 0 Å². The molecule has 98 valence electrons. The number of thiazole rings is 1. The highest BCUT2D eigenvalue weighted by Crippen LogP contribution is 2.29. The van der Waals surface area contributed by atoms with Crippen LogP contribution in [0, 0.1) is 0 Å². The van der Waals surface area contributed by atoms with E-state index in [1.165, 1.54) is 23.2 Å². The van der Waals surface area contributed by atoms with Crippen LogP contribution in [-0.4, -0.2) is 19.7 Å². The number of benzene rings is 1. The van der Waals surface area contributed by atoms with E-state index in [9.17, 15) is 8.42 Å². The van der Waals surface area contributed by atoms with Crippen LogP contribution in [-0.2, 0) is 21.0 Å². The maximum atomic E-state index is 11.3. The summed E-state index contributed by atoms with van der Waals surface area (Å²) in [6, 6.07) is 6.14. The van der Waals surface area contributed by atoms with Crippen molar-refractivity contribution in [1.82, 2.24) is 4.98 Å². The molecular formula is C13H17NO2S2. The third-order valence-electron chi connectivity index (χ3n) is 2.68. The van der Waals surface area contributed by atoms with E-state index in [4.69, 9.17) is 0 Å². The number of hydrogen-bond donors (Lipinski definition) is 0. The highest BCUT2D eigenvalue weighted by molar-refractivity contribution is 7.90. The molecule has 0 aliphatic rings. The summed E-state index contributed by atoms with van der Waals surface area (Å²) < 4.78 is 23.6. The van der Waals surface area contributed by atoms with Crippen molar-refractivity contribution in [2.75, 3.05) is 6.26 Å². The van der Waals surface area contributed by atoms with Crippen LogP contribution in [0.5, 0.6) is 0 Å². The number of fused-ring (bicyclic) bond motifs is 1. The third-order valence-corrected chi connectivity index (χ3v) is 4.68. The second-order valence-electron chi connectivity index (χ2n) is 5.61. The van der Waals surface area contributed by atoms with E-state index in [-0.39, 0.29) is 11.2 Å². The van der Waals surface area contributed by atoms with Gasteiger partial charge in [0.1, 0.15) is 10.8 Å². The Hall–Kier alpha value is -0.940. The monoisotopic (exact) mass is 283 g/mol. The van der Waals surface area contributed by atoms with E-state index >= 15 is 0 Å². The van der Waals surface area contributed by atoms with E-state index in [0.717, 1.165) is 10.2 Å². The zero-order valence-electron chi connectivity index (χ0n) is 11.0. The molecule has 0 bridgehead atoms. The molecule has 1 aromatic carbocycles. The highest BCUT2D eigenvalue weighted by atomic mass is 32.2. The molecule has 0 radical (unpaired) electrons. The first-order valence-electron chi connectivity index (χ1n) is 5.73. The lowest BCUT2D eigenvalue weighted by molar-refractivity contribution is 0.591. The fourth-order valence-corrected chi connectivity index (χ4v) is 3.92. The molecule has 0 saturated heterocycles. The van der Waals surface area contributed by atoms with Gasteiger partial charge >= 0.3 is 0 Å². The molecule has 3 nitrogen and oxygen atoms in total. The van der Waals surface area contributed by atoms with E-state index in [1.54, 1.807) is 0 Å². The molecule has 0 spiro atoms. The minimum absolute atomic E-state index is 0.0250. The maximum Gasteiger partial charge on any atom is 0.153 e. The second kappa shape index (κ2) is 4.31. The highest BCUT2D eigenvalue weighted by Gasteiger charge is 2.16. The summed E-state index contributed by atoms with van der Waals surface area (Å²) in [5.41, 5.74) is 2.21. The molecule has 0 aliphatic carbocycles. The Balaban J connectivity index is 2.46. The van der Waals surface area contributed by atoms with E-state index < -0.39 is 9.84 Å². The van der Waals surface area contributed by atoms with Crippen molar-refractivity contribution in [2.45, 2.75) is 31.9 Å².